The Balaban J connectivity index is 1.60. The van der Waals surface area contributed by atoms with E-state index in [0.717, 1.165) is 16.0 Å². The van der Waals surface area contributed by atoms with Crippen LogP contribution in [0.25, 0.3) is 0 Å². The summed E-state index contributed by atoms with van der Waals surface area (Å²) in [6.07, 6.45) is -0.503. The molecule has 3 N–H and O–H groups in total. The number of ether oxygens (including phenoxy) is 2. The molecule has 1 atom stereocenters. The smallest absolute Gasteiger partial charge is 0.180 e. The van der Waals surface area contributed by atoms with Gasteiger partial charge in [0.15, 0.2) is 11.5 Å². The maximum atomic E-state index is 10.3. The number of aliphatic hydroxyl groups excluding tert-OH is 1. The number of hydrogen-bond acceptors (Lipinski definition) is 4. The lowest BCUT2D eigenvalue weighted by atomic mass is 10.1. The average molecular weight is 405 g/mol. The first kappa shape index (κ1) is 19.7. The number of aliphatic hydroxyl groups is 1. The molecule has 0 radical (unpaired) electrons. The Kier molecular flexibility index (Phi) is 7.12. The molecule has 0 aliphatic carbocycles. The highest BCUT2D eigenvalue weighted by Crippen LogP contribution is 2.37. The Morgan fingerprint density at radius 3 is 2.67 bits per heavy atom. The maximum Gasteiger partial charge on any atom is 0.180 e. The topological polar surface area (TPSA) is 55.3 Å². The number of hydrogen-bond donors (Lipinski definition) is 2. The van der Waals surface area contributed by atoms with E-state index in [1.165, 1.54) is 0 Å². The summed E-state index contributed by atoms with van der Waals surface area (Å²) in [7, 11) is 1.61. The highest BCUT2D eigenvalue weighted by atomic mass is 35.5. The molecule has 3 rings (SSSR count). The minimum absolute atomic E-state index is 0.461. The number of methoxy groups -OCH3 is 1. The Morgan fingerprint density at radius 1 is 1.15 bits per heavy atom. The van der Waals surface area contributed by atoms with E-state index in [1.54, 1.807) is 18.4 Å². The molecular formula is C21H23ClNO3S+. The summed E-state index contributed by atoms with van der Waals surface area (Å²) in [4.78, 5) is 1.13. The van der Waals surface area contributed by atoms with E-state index < -0.39 is 6.10 Å². The van der Waals surface area contributed by atoms with Crippen molar-refractivity contribution < 1.29 is 19.9 Å². The van der Waals surface area contributed by atoms with Crippen molar-refractivity contribution in [2.24, 2.45) is 0 Å². The fraction of sp³-hybridized carbons (Fsp3) is 0.238. The third-order valence-electron chi connectivity index (χ3n) is 4.18. The van der Waals surface area contributed by atoms with Crippen LogP contribution in [0.15, 0.2) is 60.0 Å². The number of rotatable bonds is 9. The first-order valence-electron chi connectivity index (χ1n) is 8.73. The summed E-state index contributed by atoms with van der Waals surface area (Å²) in [6.45, 7) is 1.72. The van der Waals surface area contributed by atoms with Gasteiger partial charge >= 0.3 is 0 Å². The van der Waals surface area contributed by atoms with E-state index in [-0.39, 0.29) is 0 Å². The van der Waals surface area contributed by atoms with Crippen LogP contribution in [0.1, 0.15) is 22.1 Å². The zero-order valence-corrected chi connectivity index (χ0v) is 16.7. The molecule has 0 fully saturated rings. The van der Waals surface area contributed by atoms with Crippen LogP contribution in [0.2, 0.25) is 5.02 Å². The second-order valence-corrected chi connectivity index (χ2v) is 7.57. The van der Waals surface area contributed by atoms with Crippen LogP contribution in [-0.4, -0.2) is 18.8 Å². The second-order valence-electron chi connectivity index (χ2n) is 6.13. The summed E-state index contributed by atoms with van der Waals surface area (Å²) in [6, 6.07) is 17.5. The van der Waals surface area contributed by atoms with Gasteiger partial charge in [-0.3, -0.25) is 0 Å². The SMILES string of the molecule is COc1cc(C[NH2+]C[C@@H](O)c2ccccc2)cc(Cl)c1OCc1cccs1. The predicted octanol–water partition coefficient (Wildman–Crippen LogP) is 3.79. The summed E-state index contributed by atoms with van der Waals surface area (Å²) in [5.41, 5.74) is 1.93. The van der Waals surface area contributed by atoms with Gasteiger partial charge in [0.25, 0.3) is 0 Å². The van der Waals surface area contributed by atoms with Crippen molar-refractivity contribution in [3.63, 3.8) is 0 Å². The number of halogens is 1. The van der Waals surface area contributed by atoms with Gasteiger partial charge < -0.3 is 19.9 Å². The Bertz CT molecular complexity index is 840. The molecule has 2 aromatic carbocycles. The van der Waals surface area contributed by atoms with Crippen molar-refractivity contribution in [2.45, 2.75) is 19.3 Å². The fourth-order valence-corrected chi connectivity index (χ4v) is 3.69. The fourth-order valence-electron chi connectivity index (χ4n) is 2.79. The standard InChI is InChI=1S/C21H22ClNO3S/c1-25-20-11-15(12-23-13-19(24)16-6-3-2-4-7-16)10-18(22)21(20)26-14-17-8-5-9-27-17/h2-11,19,23-24H,12-14H2,1H3/p+1/t19-/m1/s1. The van der Waals surface area contributed by atoms with Crippen LogP contribution in [0, 0.1) is 0 Å². The molecule has 0 aliphatic heterocycles. The molecule has 0 bridgehead atoms. The van der Waals surface area contributed by atoms with E-state index in [9.17, 15) is 5.11 Å². The first-order valence-corrected chi connectivity index (χ1v) is 9.99. The van der Waals surface area contributed by atoms with Gasteiger partial charge in [0.1, 0.15) is 25.8 Å². The normalized spacial score (nSPS) is 12.0. The molecule has 0 saturated carbocycles. The highest BCUT2D eigenvalue weighted by molar-refractivity contribution is 7.09. The third-order valence-corrected chi connectivity index (χ3v) is 5.31. The minimum Gasteiger partial charge on any atom is -0.493 e. The van der Waals surface area contributed by atoms with Gasteiger partial charge in [-0.1, -0.05) is 48.0 Å². The molecule has 0 aliphatic rings. The van der Waals surface area contributed by atoms with Gasteiger partial charge in [0.05, 0.1) is 12.1 Å². The molecular weight excluding hydrogens is 382 g/mol. The van der Waals surface area contributed by atoms with Crippen LogP contribution in [0.4, 0.5) is 0 Å². The van der Waals surface area contributed by atoms with Crippen LogP contribution in [0.5, 0.6) is 11.5 Å². The van der Waals surface area contributed by atoms with Gasteiger partial charge in [-0.05, 0) is 29.1 Å². The average Bonchev–Trinajstić information content (AvgIpc) is 3.21. The number of benzene rings is 2. The summed E-state index contributed by atoms with van der Waals surface area (Å²) < 4.78 is 11.3. The number of quaternary nitrogens is 1. The van der Waals surface area contributed by atoms with Gasteiger partial charge in [0, 0.05) is 10.4 Å². The number of thiophene rings is 1. The third kappa shape index (κ3) is 5.47. The Labute approximate surface area is 168 Å². The van der Waals surface area contributed by atoms with Crippen molar-refractivity contribution in [1.82, 2.24) is 0 Å². The lowest BCUT2D eigenvalue weighted by molar-refractivity contribution is -0.677. The lowest BCUT2D eigenvalue weighted by Gasteiger charge is -2.14. The lowest BCUT2D eigenvalue weighted by Crippen LogP contribution is -2.83. The van der Waals surface area contributed by atoms with Crippen molar-refractivity contribution in [3.05, 3.63) is 81.0 Å². The summed E-state index contributed by atoms with van der Waals surface area (Å²) >= 11 is 8.06. The Morgan fingerprint density at radius 2 is 1.96 bits per heavy atom. The molecule has 3 aromatic rings. The quantitative estimate of drug-likeness (QED) is 0.570. The molecule has 0 unspecified atom stereocenters. The molecule has 27 heavy (non-hydrogen) atoms. The molecule has 0 saturated heterocycles. The van der Waals surface area contributed by atoms with E-state index in [0.29, 0.717) is 36.2 Å². The zero-order chi connectivity index (χ0) is 19.1. The van der Waals surface area contributed by atoms with Crippen LogP contribution >= 0.6 is 22.9 Å². The number of nitrogens with two attached hydrogens (primary N) is 1. The van der Waals surface area contributed by atoms with Gasteiger partial charge in [-0.2, -0.15) is 0 Å². The van der Waals surface area contributed by atoms with E-state index >= 15 is 0 Å². The van der Waals surface area contributed by atoms with Crippen molar-refractivity contribution >= 4 is 22.9 Å². The molecule has 6 heteroatoms. The largest absolute Gasteiger partial charge is 0.493 e. The van der Waals surface area contributed by atoms with Crippen molar-refractivity contribution in [3.8, 4) is 11.5 Å². The van der Waals surface area contributed by atoms with Crippen molar-refractivity contribution in [2.75, 3.05) is 13.7 Å². The monoisotopic (exact) mass is 404 g/mol. The van der Waals surface area contributed by atoms with E-state index in [1.807, 2.05) is 60.0 Å². The van der Waals surface area contributed by atoms with Crippen LogP contribution < -0.4 is 14.8 Å². The highest BCUT2D eigenvalue weighted by Gasteiger charge is 2.14. The first-order chi connectivity index (χ1) is 13.2. The summed E-state index contributed by atoms with van der Waals surface area (Å²) in [5.74, 6) is 1.17. The molecule has 0 spiro atoms. The molecule has 1 aromatic heterocycles. The van der Waals surface area contributed by atoms with Gasteiger partial charge in [0.2, 0.25) is 0 Å². The molecule has 0 amide bonds. The predicted molar refractivity (Wildman–Crippen MR) is 109 cm³/mol. The van der Waals surface area contributed by atoms with Crippen molar-refractivity contribution in [1.29, 1.82) is 0 Å². The van der Waals surface area contributed by atoms with E-state index in [2.05, 4.69) is 5.32 Å². The van der Waals surface area contributed by atoms with Crippen LogP contribution in [0.3, 0.4) is 0 Å². The second kappa shape index (κ2) is 9.76. The summed E-state index contributed by atoms with van der Waals surface area (Å²) in [5, 5.41) is 14.8. The zero-order valence-electron chi connectivity index (χ0n) is 15.1. The van der Waals surface area contributed by atoms with Gasteiger partial charge in [-0.15, -0.1) is 11.3 Å². The Hall–Kier alpha value is -2.05. The van der Waals surface area contributed by atoms with Gasteiger partial charge in [-0.25, -0.2) is 0 Å². The van der Waals surface area contributed by atoms with E-state index in [4.69, 9.17) is 21.1 Å². The van der Waals surface area contributed by atoms with Crippen LogP contribution in [-0.2, 0) is 13.2 Å². The molecule has 4 nitrogen and oxygen atoms in total. The molecule has 1 heterocycles. The molecule has 142 valence electrons. The minimum atomic E-state index is -0.503. The maximum absolute atomic E-state index is 10.3.